The average molecular weight is 266 g/mol. The van der Waals surface area contributed by atoms with Gasteiger partial charge in [-0.05, 0) is 38.3 Å². The number of unbranched alkanes of at least 4 members (excludes halogenated alkanes) is 2. The molecule has 0 aliphatic rings. The third-order valence-corrected chi connectivity index (χ3v) is 2.80. The highest BCUT2D eigenvalue weighted by molar-refractivity contribution is 5.94. The van der Waals surface area contributed by atoms with Crippen molar-refractivity contribution in [1.29, 1.82) is 0 Å². The Morgan fingerprint density at radius 3 is 2.89 bits per heavy atom. The van der Waals surface area contributed by atoms with Crippen molar-refractivity contribution in [2.75, 3.05) is 31.7 Å². The molecule has 0 fully saturated rings. The molecule has 1 heterocycles. The first-order chi connectivity index (χ1) is 9.20. The van der Waals surface area contributed by atoms with Gasteiger partial charge in [-0.15, -0.1) is 0 Å². The Hall–Kier alpha value is -1.62. The maximum atomic E-state index is 11.8. The highest BCUT2D eigenvalue weighted by Gasteiger charge is 2.15. The number of aliphatic hydroxyl groups is 1. The Balaban J connectivity index is 2.67. The van der Waals surface area contributed by atoms with E-state index in [1.165, 1.54) is 0 Å². The lowest BCUT2D eigenvalue weighted by atomic mass is 10.2. The van der Waals surface area contributed by atoms with Gasteiger partial charge in [0.05, 0.1) is 6.61 Å². The lowest BCUT2D eigenvalue weighted by Gasteiger charge is -2.20. The van der Waals surface area contributed by atoms with Gasteiger partial charge in [-0.3, -0.25) is 0 Å². The van der Waals surface area contributed by atoms with Crippen LogP contribution in [0.3, 0.4) is 0 Å². The molecule has 1 aromatic rings. The summed E-state index contributed by atoms with van der Waals surface area (Å²) in [5.74, 6) is 0.303. The molecule has 0 aromatic carbocycles. The van der Waals surface area contributed by atoms with Crippen molar-refractivity contribution in [3.05, 3.63) is 23.9 Å². The molecule has 0 bridgehead atoms. The van der Waals surface area contributed by atoms with Crippen LogP contribution < -0.4 is 4.90 Å². The van der Waals surface area contributed by atoms with Crippen LogP contribution in [0.5, 0.6) is 0 Å². The molecule has 106 valence electrons. The van der Waals surface area contributed by atoms with Crippen molar-refractivity contribution < 1.29 is 14.6 Å². The minimum atomic E-state index is -0.340. The van der Waals surface area contributed by atoms with Crippen molar-refractivity contribution >= 4 is 11.8 Å². The van der Waals surface area contributed by atoms with Gasteiger partial charge in [0.2, 0.25) is 0 Å². The van der Waals surface area contributed by atoms with Crippen LogP contribution in [0.15, 0.2) is 18.3 Å². The van der Waals surface area contributed by atoms with E-state index in [-0.39, 0.29) is 12.6 Å². The van der Waals surface area contributed by atoms with E-state index >= 15 is 0 Å². The molecule has 0 amide bonds. The lowest BCUT2D eigenvalue weighted by molar-refractivity contribution is 0.0526. The monoisotopic (exact) mass is 266 g/mol. The van der Waals surface area contributed by atoms with E-state index in [9.17, 15) is 4.79 Å². The van der Waals surface area contributed by atoms with E-state index in [4.69, 9.17) is 9.84 Å². The van der Waals surface area contributed by atoms with Crippen molar-refractivity contribution in [3.63, 3.8) is 0 Å². The topological polar surface area (TPSA) is 62.7 Å². The maximum absolute atomic E-state index is 11.8. The molecule has 19 heavy (non-hydrogen) atoms. The number of pyridine rings is 1. The van der Waals surface area contributed by atoms with E-state index in [0.717, 1.165) is 25.8 Å². The van der Waals surface area contributed by atoms with Crippen LogP contribution in [-0.4, -0.2) is 42.9 Å². The number of rotatable bonds is 8. The predicted molar refractivity (Wildman–Crippen MR) is 74.4 cm³/mol. The van der Waals surface area contributed by atoms with Crippen molar-refractivity contribution in [2.45, 2.75) is 26.2 Å². The fourth-order valence-electron chi connectivity index (χ4n) is 1.81. The van der Waals surface area contributed by atoms with Gasteiger partial charge in [-0.2, -0.15) is 0 Å². The molecule has 0 unspecified atom stereocenters. The van der Waals surface area contributed by atoms with Crippen molar-refractivity contribution in [2.24, 2.45) is 0 Å². The molecule has 0 saturated carbocycles. The summed E-state index contributed by atoms with van der Waals surface area (Å²) in [7, 11) is 1.91. The second-order valence-electron chi connectivity index (χ2n) is 4.30. The average Bonchev–Trinajstić information content (AvgIpc) is 2.43. The summed E-state index contributed by atoms with van der Waals surface area (Å²) < 4.78 is 5.02. The molecule has 0 atom stereocenters. The summed E-state index contributed by atoms with van der Waals surface area (Å²) in [4.78, 5) is 18.0. The van der Waals surface area contributed by atoms with Gasteiger partial charge in [0.25, 0.3) is 0 Å². The summed E-state index contributed by atoms with van der Waals surface area (Å²) >= 11 is 0. The molecule has 0 saturated heterocycles. The first-order valence-electron chi connectivity index (χ1n) is 6.64. The highest BCUT2D eigenvalue weighted by atomic mass is 16.5. The summed E-state index contributed by atoms with van der Waals surface area (Å²) in [6, 6.07) is 3.46. The molecule has 0 aliphatic carbocycles. The van der Waals surface area contributed by atoms with Crippen LogP contribution in [0.25, 0.3) is 0 Å². The molecule has 1 rings (SSSR count). The quantitative estimate of drug-likeness (QED) is 0.575. The zero-order valence-electron chi connectivity index (χ0n) is 11.6. The van der Waals surface area contributed by atoms with Gasteiger partial charge in [-0.25, -0.2) is 9.78 Å². The van der Waals surface area contributed by atoms with Crippen LogP contribution in [0.4, 0.5) is 5.82 Å². The van der Waals surface area contributed by atoms with Gasteiger partial charge in [0.15, 0.2) is 0 Å². The van der Waals surface area contributed by atoms with Gasteiger partial charge in [0.1, 0.15) is 11.4 Å². The summed E-state index contributed by atoms with van der Waals surface area (Å²) in [6.07, 6.45) is 4.39. The minimum Gasteiger partial charge on any atom is -0.462 e. The van der Waals surface area contributed by atoms with Crippen LogP contribution >= 0.6 is 0 Å². The van der Waals surface area contributed by atoms with Crippen molar-refractivity contribution in [1.82, 2.24) is 4.98 Å². The van der Waals surface area contributed by atoms with E-state index in [1.807, 2.05) is 11.9 Å². The van der Waals surface area contributed by atoms with Gasteiger partial charge < -0.3 is 14.7 Å². The van der Waals surface area contributed by atoms with Crippen LogP contribution in [0, 0.1) is 0 Å². The second kappa shape index (κ2) is 8.48. The number of carbonyl (C=O) groups is 1. The number of esters is 1. The van der Waals surface area contributed by atoms with Gasteiger partial charge in [-0.1, -0.05) is 0 Å². The number of carbonyl (C=O) groups excluding carboxylic acids is 1. The number of hydrogen-bond acceptors (Lipinski definition) is 5. The fraction of sp³-hybridized carbons (Fsp3) is 0.571. The Labute approximate surface area is 114 Å². The zero-order valence-corrected chi connectivity index (χ0v) is 11.6. The Morgan fingerprint density at radius 1 is 1.42 bits per heavy atom. The molecular weight excluding hydrogens is 244 g/mol. The molecule has 0 spiro atoms. The molecule has 5 nitrogen and oxygen atoms in total. The van der Waals surface area contributed by atoms with E-state index in [1.54, 1.807) is 25.3 Å². The number of anilines is 1. The Morgan fingerprint density at radius 2 is 2.21 bits per heavy atom. The van der Waals surface area contributed by atoms with Crippen LogP contribution in [0.1, 0.15) is 36.5 Å². The van der Waals surface area contributed by atoms with E-state index in [0.29, 0.717) is 18.0 Å². The minimum absolute atomic E-state index is 0.224. The standard InChI is InChI=1S/C14H22N2O3/c1-3-19-14(18)12-8-7-9-15-13(12)16(2)10-5-4-6-11-17/h7-9,17H,3-6,10-11H2,1-2H3. The number of nitrogens with zero attached hydrogens (tertiary/aromatic N) is 2. The van der Waals surface area contributed by atoms with Crippen LogP contribution in [0.2, 0.25) is 0 Å². The number of hydrogen-bond donors (Lipinski definition) is 1. The molecule has 1 N–H and O–H groups in total. The second-order valence-corrected chi connectivity index (χ2v) is 4.30. The third-order valence-electron chi connectivity index (χ3n) is 2.80. The highest BCUT2D eigenvalue weighted by Crippen LogP contribution is 2.17. The SMILES string of the molecule is CCOC(=O)c1cccnc1N(C)CCCCCO. The van der Waals surface area contributed by atoms with Gasteiger partial charge >= 0.3 is 5.97 Å². The number of ether oxygens (including phenoxy) is 1. The third kappa shape index (κ3) is 4.87. The Kier molecular flexibility index (Phi) is 6.89. The number of aromatic nitrogens is 1. The zero-order chi connectivity index (χ0) is 14.1. The maximum Gasteiger partial charge on any atom is 0.341 e. The molecule has 0 radical (unpaired) electrons. The summed E-state index contributed by atoms with van der Waals surface area (Å²) in [6.45, 7) is 3.16. The molecule has 5 heteroatoms. The normalized spacial score (nSPS) is 10.3. The number of aliphatic hydroxyl groups excluding tert-OH is 1. The summed E-state index contributed by atoms with van der Waals surface area (Å²) in [5, 5.41) is 8.74. The lowest BCUT2D eigenvalue weighted by Crippen LogP contribution is -2.23. The molecule has 1 aromatic heterocycles. The molecular formula is C14H22N2O3. The summed E-state index contributed by atoms with van der Waals surface area (Å²) in [5.41, 5.74) is 0.494. The van der Waals surface area contributed by atoms with Crippen LogP contribution in [-0.2, 0) is 4.74 Å². The van der Waals surface area contributed by atoms with E-state index in [2.05, 4.69) is 4.98 Å². The predicted octanol–water partition coefficient (Wildman–Crippen LogP) is 1.86. The van der Waals surface area contributed by atoms with Crippen molar-refractivity contribution in [3.8, 4) is 0 Å². The molecule has 0 aliphatic heterocycles. The first kappa shape index (κ1) is 15.4. The largest absolute Gasteiger partial charge is 0.462 e. The fourth-order valence-corrected chi connectivity index (χ4v) is 1.81. The van der Waals surface area contributed by atoms with Gasteiger partial charge in [0, 0.05) is 26.4 Å². The van der Waals surface area contributed by atoms with E-state index < -0.39 is 0 Å². The Bertz CT molecular complexity index is 396. The smallest absolute Gasteiger partial charge is 0.341 e. The first-order valence-corrected chi connectivity index (χ1v) is 6.64.